The number of amides is 1. The third kappa shape index (κ3) is 2.70. The number of hydrogen-bond acceptors (Lipinski definition) is 2. The predicted octanol–water partition coefficient (Wildman–Crippen LogP) is 1.76. The molecule has 4 heteroatoms. The highest BCUT2D eigenvalue weighted by Crippen LogP contribution is 2.40. The Kier molecular flexibility index (Phi) is 3.65. The lowest BCUT2D eigenvalue weighted by atomic mass is 10.2. The van der Waals surface area contributed by atoms with Crippen LogP contribution in [0, 0.1) is 11.8 Å². The minimum absolute atomic E-state index is 0.0336. The van der Waals surface area contributed by atoms with Crippen LogP contribution in [0.4, 0.5) is 0 Å². The topological polar surface area (TPSA) is 57.6 Å². The molecule has 1 amide bonds. The van der Waals surface area contributed by atoms with Gasteiger partial charge in [-0.1, -0.05) is 30.3 Å². The van der Waals surface area contributed by atoms with Crippen molar-refractivity contribution in [3.8, 4) is 0 Å². The summed E-state index contributed by atoms with van der Waals surface area (Å²) in [6.45, 7) is 3.08. The first-order valence-electron chi connectivity index (χ1n) is 6.19. The summed E-state index contributed by atoms with van der Waals surface area (Å²) in [5.41, 5.74) is 1.07. The number of rotatable bonds is 5. The minimum Gasteiger partial charge on any atom is -0.481 e. The fourth-order valence-electron chi connectivity index (χ4n) is 2.12. The van der Waals surface area contributed by atoms with Gasteiger partial charge in [-0.15, -0.1) is 0 Å². The van der Waals surface area contributed by atoms with Crippen molar-refractivity contribution in [3.05, 3.63) is 35.9 Å². The second kappa shape index (κ2) is 5.21. The lowest BCUT2D eigenvalue weighted by Gasteiger charge is -2.21. The molecule has 1 aliphatic rings. The summed E-state index contributed by atoms with van der Waals surface area (Å²) in [4.78, 5) is 24.6. The normalized spacial score (nSPS) is 21.4. The molecule has 0 spiro atoms. The van der Waals surface area contributed by atoms with Gasteiger partial charge in [0.05, 0.1) is 11.8 Å². The van der Waals surface area contributed by atoms with Gasteiger partial charge in [0.25, 0.3) is 0 Å². The Bertz CT molecular complexity index is 444. The van der Waals surface area contributed by atoms with Crippen LogP contribution in [0.3, 0.4) is 0 Å². The quantitative estimate of drug-likeness (QED) is 0.862. The van der Waals surface area contributed by atoms with Crippen molar-refractivity contribution < 1.29 is 14.7 Å². The zero-order valence-electron chi connectivity index (χ0n) is 10.4. The zero-order valence-corrected chi connectivity index (χ0v) is 10.4. The monoisotopic (exact) mass is 247 g/mol. The molecule has 1 aromatic carbocycles. The van der Waals surface area contributed by atoms with Crippen molar-refractivity contribution >= 4 is 11.9 Å². The van der Waals surface area contributed by atoms with E-state index in [1.807, 2.05) is 37.3 Å². The number of benzene rings is 1. The van der Waals surface area contributed by atoms with Crippen LogP contribution in [0.2, 0.25) is 0 Å². The summed E-state index contributed by atoms with van der Waals surface area (Å²) in [5, 5.41) is 8.85. The van der Waals surface area contributed by atoms with Gasteiger partial charge < -0.3 is 10.0 Å². The molecule has 0 unspecified atom stereocenters. The Balaban J connectivity index is 1.97. The average Bonchev–Trinajstić information content (AvgIpc) is 3.16. The Morgan fingerprint density at radius 2 is 1.94 bits per heavy atom. The largest absolute Gasteiger partial charge is 0.481 e. The zero-order chi connectivity index (χ0) is 13.1. The molecule has 0 aromatic heterocycles. The van der Waals surface area contributed by atoms with Gasteiger partial charge in [0.15, 0.2) is 0 Å². The molecular weight excluding hydrogens is 230 g/mol. The number of nitrogens with zero attached hydrogens (tertiary/aromatic N) is 1. The van der Waals surface area contributed by atoms with E-state index in [4.69, 9.17) is 5.11 Å². The Morgan fingerprint density at radius 1 is 1.28 bits per heavy atom. The molecule has 0 radical (unpaired) electrons. The van der Waals surface area contributed by atoms with Crippen LogP contribution >= 0.6 is 0 Å². The standard InChI is InChI=1S/C14H17NO3/c1-2-15(9-10-6-4-3-5-7-10)13(16)11-8-12(11)14(17)18/h3-7,11-12H,2,8-9H2,1H3,(H,17,18)/t11-,12+/m1/s1. The highest BCUT2D eigenvalue weighted by Gasteiger charge is 2.49. The predicted molar refractivity (Wildman–Crippen MR) is 66.8 cm³/mol. The lowest BCUT2D eigenvalue weighted by molar-refractivity contribution is -0.142. The van der Waals surface area contributed by atoms with Crippen LogP contribution in [-0.4, -0.2) is 28.4 Å². The summed E-state index contributed by atoms with van der Waals surface area (Å²) in [7, 11) is 0. The molecule has 18 heavy (non-hydrogen) atoms. The van der Waals surface area contributed by atoms with Crippen LogP contribution < -0.4 is 0 Å². The highest BCUT2D eigenvalue weighted by atomic mass is 16.4. The Labute approximate surface area is 106 Å². The average molecular weight is 247 g/mol. The Morgan fingerprint density at radius 3 is 2.44 bits per heavy atom. The lowest BCUT2D eigenvalue weighted by Crippen LogP contribution is -2.32. The Hall–Kier alpha value is -1.84. The van der Waals surface area contributed by atoms with Crippen molar-refractivity contribution in [3.63, 3.8) is 0 Å². The van der Waals surface area contributed by atoms with E-state index < -0.39 is 11.9 Å². The second-order valence-corrected chi connectivity index (χ2v) is 4.62. The number of aliphatic carboxylic acids is 1. The molecule has 0 bridgehead atoms. The molecule has 96 valence electrons. The fraction of sp³-hybridized carbons (Fsp3) is 0.429. The maximum Gasteiger partial charge on any atom is 0.307 e. The number of carbonyl (C=O) groups is 2. The molecule has 1 fully saturated rings. The number of hydrogen-bond donors (Lipinski definition) is 1. The summed E-state index contributed by atoms with van der Waals surface area (Å²) in [6, 6.07) is 9.74. The van der Waals surface area contributed by atoms with Crippen molar-refractivity contribution in [1.82, 2.24) is 4.90 Å². The molecular formula is C14H17NO3. The van der Waals surface area contributed by atoms with Crippen molar-refractivity contribution in [2.75, 3.05) is 6.54 Å². The smallest absolute Gasteiger partial charge is 0.307 e. The van der Waals surface area contributed by atoms with Gasteiger partial charge in [0, 0.05) is 13.1 Å². The molecule has 1 aromatic rings. The molecule has 1 aliphatic carbocycles. The van der Waals surface area contributed by atoms with Crippen molar-refractivity contribution in [2.45, 2.75) is 19.9 Å². The van der Waals surface area contributed by atoms with Crippen molar-refractivity contribution in [2.24, 2.45) is 11.8 Å². The molecule has 1 N–H and O–H groups in total. The molecule has 4 nitrogen and oxygen atoms in total. The number of carbonyl (C=O) groups excluding carboxylic acids is 1. The summed E-state index contributed by atoms with van der Waals surface area (Å²) in [6.07, 6.45) is 0.486. The molecule has 0 aliphatic heterocycles. The minimum atomic E-state index is -0.857. The van der Waals surface area contributed by atoms with E-state index in [0.717, 1.165) is 5.56 Å². The number of carboxylic acids is 1. The van der Waals surface area contributed by atoms with E-state index >= 15 is 0 Å². The van der Waals surface area contributed by atoms with Crippen molar-refractivity contribution in [1.29, 1.82) is 0 Å². The molecule has 2 rings (SSSR count). The third-order valence-electron chi connectivity index (χ3n) is 3.33. The number of carboxylic acid groups (broad SMARTS) is 1. The third-order valence-corrected chi connectivity index (χ3v) is 3.33. The molecule has 0 saturated heterocycles. The fourth-order valence-corrected chi connectivity index (χ4v) is 2.12. The van der Waals surface area contributed by atoms with Gasteiger partial charge in [0.1, 0.15) is 0 Å². The van der Waals surface area contributed by atoms with Crippen LogP contribution in [0.5, 0.6) is 0 Å². The van der Waals surface area contributed by atoms with Crippen LogP contribution in [-0.2, 0) is 16.1 Å². The van der Waals surface area contributed by atoms with Gasteiger partial charge in [0.2, 0.25) is 5.91 Å². The SMILES string of the molecule is CCN(Cc1ccccc1)C(=O)[C@@H]1C[C@@H]1C(=O)O. The summed E-state index contributed by atoms with van der Waals surface area (Å²) in [5.74, 6) is -1.67. The van der Waals surface area contributed by atoms with Gasteiger partial charge in [-0.05, 0) is 18.9 Å². The summed E-state index contributed by atoms with van der Waals surface area (Å²) >= 11 is 0. The maximum atomic E-state index is 12.1. The first kappa shape index (κ1) is 12.6. The van der Waals surface area contributed by atoms with E-state index in [0.29, 0.717) is 19.5 Å². The van der Waals surface area contributed by atoms with Gasteiger partial charge in [-0.2, -0.15) is 0 Å². The molecule has 0 heterocycles. The first-order valence-corrected chi connectivity index (χ1v) is 6.19. The van der Waals surface area contributed by atoms with Crippen LogP contribution in [0.25, 0.3) is 0 Å². The summed E-state index contributed by atoms with van der Waals surface area (Å²) < 4.78 is 0. The highest BCUT2D eigenvalue weighted by molar-refractivity contribution is 5.89. The van der Waals surface area contributed by atoms with E-state index in [2.05, 4.69) is 0 Å². The van der Waals surface area contributed by atoms with Crippen LogP contribution in [0.1, 0.15) is 18.9 Å². The van der Waals surface area contributed by atoms with Crippen LogP contribution in [0.15, 0.2) is 30.3 Å². The van der Waals surface area contributed by atoms with Gasteiger partial charge >= 0.3 is 5.97 Å². The first-order chi connectivity index (χ1) is 8.63. The molecule has 2 atom stereocenters. The molecule has 1 saturated carbocycles. The maximum absolute atomic E-state index is 12.1. The van der Waals surface area contributed by atoms with E-state index in [9.17, 15) is 9.59 Å². The van der Waals surface area contributed by atoms with Gasteiger partial charge in [-0.25, -0.2) is 0 Å². The van der Waals surface area contributed by atoms with E-state index in [1.165, 1.54) is 0 Å². The van der Waals surface area contributed by atoms with E-state index in [-0.39, 0.29) is 11.8 Å². The van der Waals surface area contributed by atoms with Gasteiger partial charge in [-0.3, -0.25) is 9.59 Å². The second-order valence-electron chi connectivity index (χ2n) is 4.62. The van der Waals surface area contributed by atoms with E-state index in [1.54, 1.807) is 4.90 Å².